The van der Waals surface area contributed by atoms with Crippen LogP contribution in [-0.4, -0.2) is 51.0 Å². The normalized spacial score (nSPS) is 17.5. The third-order valence-electron chi connectivity index (χ3n) is 5.97. The van der Waals surface area contributed by atoms with E-state index in [0.717, 1.165) is 23.6 Å². The molecule has 4 rings (SSSR count). The molecule has 0 bridgehead atoms. The van der Waals surface area contributed by atoms with Crippen molar-refractivity contribution >= 4 is 23.4 Å². The molecule has 0 unspecified atom stereocenters. The standard InChI is InChI=1S/C24H28FN5OS/c1-15-14-18-8-6-7-9-21(18)29(15)23(31)17(3)32-24-27-26-22(16(2)28(4)5)30(24)20-12-10-19(25)11-13-20/h6-13,15-17H,14H2,1-5H3/t15-,16-,17-/m1/s1. The smallest absolute Gasteiger partial charge is 0.240 e. The van der Waals surface area contributed by atoms with Crippen LogP contribution in [0.1, 0.15) is 38.2 Å². The van der Waals surface area contributed by atoms with E-state index in [0.29, 0.717) is 5.16 Å². The first-order valence-electron chi connectivity index (χ1n) is 10.7. The van der Waals surface area contributed by atoms with E-state index >= 15 is 0 Å². The van der Waals surface area contributed by atoms with E-state index in [1.54, 1.807) is 12.1 Å². The van der Waals surface area contributed by atoms with Gasteiger partial charge in [0.15, 0.2) is 11.0 Å². The Balaban J connectivity index is 1.65. The van der Waals surface area contributed by atoms with Crippen LogP contribution in [0.5, 0.6) is 0 Å². The van der Waals surface area contributed by atoms with Gasteiger partial charge in [0.1, 0.15) is 5.82 Å². The Morgan fingerprint density at radius 3 is 2.50 bits per heavy atom. The number of benzene rings is 2. The maximum atomic E-state index is 13.6. The van der Waals surface area contributed by atoms with Crippen molar-refractivity contribution in [2.24, 2.45) is 0 Å². The van der Waals surface area contributed by atoms with Crippen molar-refractivity contribution in [1.82, 2.24) is 19.7 Å². The van der Waals surface area contributed by atoms with Gasteiger partial charge in [0.05, 0.1) is 11.3 Å². The number of halogens is 1. The molecular weight excluding hydrogens is 425 g/mol. The number of carbonyl (C=O) groups excluding carboxylic acids is 1. The van der Waals surface area contributed by atoms with Gasteiger partial charge in [0, 0.05) is 17.4 Å². The number of amides is 1. The zero-order valence-electron chi connectivity index (χ0n) is 19.0. The van der Waals surface area contributed by atoms with Crippen molar-refractivity contribution in [3.63, 3.8) is 0 Å². The fourth-order valence-corrected chi connectivity index (χ4v) is 4.92. The summed E-state index contributed by atoms with van der Waals surface area (Å²) in [7, 11) is 3.94. The summed E-state index contributed by atoms with van der Waals surface area (Å²) < 4.78 is 15.5. The lowest BCUT2D eigenvalue weighted by Gasteiger charge is -2.26. The maximum absolute atomic E-state index is 13.6. The zero-order valence-corrected chi connectivity index (χ0v) is 19.8. The second kappa shape index (κ2) is 9.03. The maximum Gasteiger partial charge on any atom is 0.240 e. The molecule has 1 aliphatic rings. The Bertz CT molecular complexity index is 1110. The zero-order chi connectivity index (χ0) is 23.0. The number of hydrogen-bond acceptors (Lipinski definition) is 5. The molecule has 2 aromatic carbocycles. The Kier molecular flexibility index (Phi) is 6.35. The van der Waals surface area contributed by atoms with E-state index in [4.69, 9.17) is 0 Å². The van der Waals surface area contributed by atoms with Gasteiger partial charge in [0.2, 0.25) is 5.91 Å². The van der Waals surface area contributed by atoms with Crippen LogP contribution in [0.15, 0.2) is 53.7 Å². The van der Waals surface area contributed by atoms with Crippen LogP contribution in [0, 0.1) is 5.82 Å². The van der Waals surface area contributed by atoms with Gasteiger partial charge in [-0.15, -0.1) is 10.2 Å². The molecule has 0 fully saturated rings. The quantitative estimate of drug-likeness (QED) is 0.515. The number of para-hydroxylation sites is 1. The lowest BCUT2D eigenvalue weighted by atomic mass is 10.1. The lowest BCUT2D eigenvalue weighted by molar-refractivity contribution is -0.118. The van der Waals surface area contributed by atoms with E-state index in [1.165, 1.54) is 29.5 Å². The molecule has 32 heavy (non-hydrogen) atoms. The molecule has 6 nitrogen and oxygen atoms in total. The van der Waals surface area contributed by atoms with E-state index < -0.39 is 0 Å². The lowest BCUT2D eigenvalue weighted by Crippen LogP contribution is -2.40. The summed E-state index contributed by atoms with van der Waals surface area (Å²) in [6, 6.07) is 14.4. The molecular formula is C24H28FN5OS. The van der Waals surface area contributed by atoms with E-state index in [2.05, 4.69) is 23.2 Å². The van der Waals surface area contributed by atoms with Gasteiger partial charge in [-0.25, -0.2) is 4.39 Å². The first kappa shape index (κ1) is 22.5. The van der Waals surface area contributed by atoms with Crippen LogP contribution < -0.4 is 4.90 Å². The molecule has 0 N–H and O–H groups in total. The van der Waals surface area contributed by atoms with Gasteiger partial charge < -0.3 is 4.90 Å². The van der Waals surface area contributed by atoms with Crippen LogP contribution in [0.2, 0.25) is 0 Å². The molecule has 8 heteroatoms. The molecule has 0 radical (unpaired) electrons. The van der Waals surface area contributed by atoms with Crippen molar-refractivity contribution in [2.45, 2.75) is 49.7 Å². The van der Waals surface area contributed by atoms with Crippen molar-refractivity contribution in [2.75, 3.05) is 19.0 Å². The SMILES string of the molecule is C[C@H](c1nnc(S[C@H](C)C(=O)N2c3ccccc3C[C@H]2C)n1-c1ccc(F)cc1)N(C)C. The van der Waals surface area contributed by atoms with Crippen LogP contribution in [0.3, 0.4) is 0 Å². The van der Waals surface area contributed by atoms with Gasteiger partial charge in [-0.3, -0.25) is 14.3 Å². The van der Waals surface area contributed by atoms with Crippen molar-refractivity contribution in [3.05, 3.63) is 65.7 Å². The highest BCUT2D eigenvalue weighted by Gasteiger charge is 2.34. The second-order valence-electron chi connectivity index (χ2n) is 8.44. The minimum absolute atomic E-state index is 0.0154. The topological polar surface area (TPSA) is 54.3 Å². The van der Waals surface area contributed by atoms with Crippen molar-refractivity contribution < 1.29 is 9.18 Å². The van der Waals surface area contributed by atoms with E-state index in [9.17, 15) is 9.18 Å². The number of carbonyl (C=O) groups is 1. The van der Waals surface area contributed by atoms with Crippen LogP contribution >= 0.6 is 11.8 Å². The van der Waals surface area contributed by atoms with Gasteiger partial charge in [0.25, 0.3) is 0 Å². The number of aromatic nitrogens is 3. The van der Waals surface area contributed by atoms with Gasteiger partial charge in [-0.2, -0.15) is 0 Å². The summed E-state index contributed by atoms with van der Waals surface area (Å²) >= 11 is 1.38. The summed E-state index contributed by atoms with van der Waals surface area (Å²) in [5.74, 6) is 0.482. The molecule has 3 atom stereocenters. The Labute approximate surface area is 192 Å². The Morgan fingerprint density at radius 2 is 1.81 bits per heavy atom. The highest BCUT2D eigenvalue weighted by Crippen LogP contribution is 2.35. The molecule has 168 valence electrons. The number of thioether (sulfide) groups is 1. The van der Waals surface area contributed by atoms with E-state index in [1.807, 2.05) is 60.5 Å². The summed E-state index contributed by atoms with van der Waals surface area (Å²) in [6.07, 6.45) is 0.857. The number of hydrogen-bond donors (Lipinski definition) is 0. The predicted molar refractivity (Wildman–Crippen MR) is 126 cm³/mol. The van der Waals surface area contributed by atoms with Gasteiger partial charge in [-0.05, 0) is 77.2 Å². The third-order valence-corrected chi connectivity index (χ3v) is 7.00. The first-order valence-corrected chi connectivity index (χ1v) is 11.6. The van der Waals surface area contributed by atoms with Gasteiger partial charge >= 0.3 is 0 Å². The van der Waals surface area contributed by atoms with Crippen LogP contribution in [0.4, 0.5) is 10.1 Å². The Hall–Kier alpha value is -2.71. The highest BCUT2D eigenvalue weighted by atomic mass is 32.2. The minimum atomic E-state index is -0.366. The average Bonchev–Trinajstić information content (AvgIpc) is 3.33. The first-order chi connectivity index (χ1) is 15.3. The van der Waals surface area contributed by atoms with Crippen LogP contribution in [0.25, 0.3) is 5.69 Å². The number of fused-ring (bicyclic) bond motifs is 1. The van der Waals surface area contributed by atoms with Crippen LogP contribution in [-0.2, 0) is 11.2 Å². The molecule has 1 aliphatic heterocycles. The number of nitrogens with zero attached hydrogens (tertiary/aromatic N) is 5. The summed E-state index contributed by atoms with van der Waals surface area (Å²) in [5.41, 5.74) is 2.95. The summed E-state index contributed by atoms with van der Waals surface area (Å²) in [6.45, 7) is 6.02. The number of rotatable bonds is 6. The molecule has 0 aliphatic carbocycles. The van der Waals surface area contributed by atoms with Crippen molar-refractivity contribution in [3.8, 4) is 5.69 Å². The highest BCUT2D eigenvalue weighted by molar-refractivity contribution is 8.00. The molecule has 1 aromatic heterocycles. The van der Waals surface area contributed by atoms with Gasteiger partial charge in [-0.1, -0.05) is 30.0 Å². The Morgan fingerprint density at radius 1 is 1.12 bits per heavy atom. The minimum Gasteiger partial charge on any atom is -0.308 e. The fourth-order valence-electron chi connectivity index (χ4n) is 4.00. The largest absolute Gasteiger partial charge is 0.308 e. The molecule has 1 amide bonds. The summed E-state index contributed by atoms with van der Waals surface area (Å²) in [4.78, 5) is 17.4. The van der Waals surface area contributed by atoms with E-state index in [-0.39, 0.29) is 29.1 Å². The molecule has 0 spiro atoms. The molecule has 0 saturated heterocycles. The second-order valence-corrected chi connectivity index (χ2v) is 9.75. The molecule has 3 aromatic rings. The molecule has 0 saturated carbocycles. The summed E-state index contributed by atoms with van der Waals surface area (Å²) in [5, 5.41) is 9.09. The third kappa shape index (κ3) is 4.17. The monoisotopic (exact) mass is 453 g/mol. The fraction of sp³-hybridized carbons (Fsp3) is 0.375. The van der Waals surface area contributed by atoms with Crippen molar-refractivity contribution in [1.29, 1.82) is 0 Å². The average molecular weight is 454 g/mol. The number of anilines is 1. The predicted octanol–water partition coefficient (Wildman–Crippen LogP) is 4.49. The molecule has 2 heterocycles.